The van der Waals surface area contributed by atoms with E-state index in [9.17, 15) is 0 Å². The van der Waals surface area contributed by atoms with Gasteiger partial charge in [0.1, 0.15) is 0 Å². The van der Waals surface area contributed by atoms with Crippen molar-refractivity contribution in [3.63, 3.8) is 0 Å². The summed E-state index contributed by atoms with van der Waals surface area (Å²) >= 11 is 0. The summed E-state index contributed by atoms with van der Waals surface area (Å²) in [7, 11) is 0. The molecule has 0 amide bonds. The second-order valence-corrected chi connectivity index (χ2v) is 14.1. The number of fused-ring (bicyclic) bond motifs is 8. The summed E-state index contributed by atoms with van der Waals surface area (Å²) in [5.41, 5.74) is 7.43. The van der Waals surface area contributed by atoms with E-state index in [1.807, 2.05) is 60.7 Å². The zero-order valence-corrected chi connectivity index (χ0v) is 30.4. The molecule has 7 aromatic carbocycles. The van der Waals surface area contributed by atoms with Crippen LogP contribution in [-0.4, -0.2) is 24.1 Å². The van der Waals surface area contributed by atoms with E-state index < -0.39 is 0 Å². The molecular weight excluding hydrogens is 671 g/mol. The number of allylic oxidation sites excluding steroid dienone is 4. The third kappa shape index (κ3) is 5.78. The van der Waals surface area contributed by atoms with Crippen molar-refractivity contribution in [2.45, 2.75) is 13.3 Å². The fourth-order valence-corrected chi connectivity index (χ4v) is 7.91. The van der Waals surface area contributed by atoms with Crippen molar-refractivity contribution in [2.75, 3.05) is 0 Å². The van der Waals surface area contributed by atoms with Crippen LogP contribution in [0.5, 0.6) is 0 Å². The molecule has 3 aromatic heterocycles. The molecule has 1 atom stereocenters. The van der Waals surface area contributed by atoms with Gasteiger partial charge in [0.05, 0.1) is 22.1 Å². The highest BCUT2D eigenvalue weighted by molar-refractivity contribution is 6.26. The molecule has 0 bridgehead atoms. The highest BCUT2D eigenvalue weighted by Gasteiger charge is 2.23. The summed E-state index contributed by atoms with van der Waals surface area (Å²) in [6.45, 7) is 2.22. The summed E-state index contributed by atoms with van der Waals surface area (Å²) < 4.78 is 4.63. The predicted molar refractivity (Wildman–Crippen MR) is 229 cm³/mol. The van der Waals surface area contributed by atoms with Crippen LogP contribution in [0.15, 0.2) is 188 Å². The van der Waals surface area contributed by atoms with E-state index in [-0.39, 0.29) is 0 Å². The summed E-state index contributed by atoms with van der Waals surface area (Å²) in [5.74, 6) is 2.63. The fraction of sp³-hybridized carbons (Fsp3) is 0.0600. The second kappa shape index (κ2) is 13.7. The fourth-order valence-electron chi connectivity index (χ4n) is 7.91. The molecule has 262 valence electrons. The molecule has 3 heterocycles. The van der Waals surface area contributed by atoms with Crippen LogP contribution in [0.2, 0.25) is 0 Å². The van der Waals surface area contributed by atoms with Gasteiger partial charge in [0, 0.05) is 38.4 Å². The van der Waals surface area contributed by atoms with Crippen LogP contribution in [0.3, 0.4) is 0 Å². The number of para-hydroxylation sites is 2. The Morgan fingerprint density at radius 3 is 1.76 bits per heavy atom. The van der Waals surface area contributed by atoms with Gasteiger partial charge in [-0.1, -0.05) is 165 Å². The first kappa shape index (κ1) is 32.5. The molecule has 1 aliphatic rings. The summed E-state index contributed by atoms with van der Waals surface area (Å²) in [5, 5.41) is 7.17. The maximum Gasteiger partial charge on any atom is 0.238 e. The van der Waals surface area contributed by atoms with Crippen molar-refractivity contribution < 1.29 is 0 Å². The lowest BCUT2D eigenvalue weighted by molar-refractivity contribution is 0.737. The number of rotatable bonds is 4. The van der Waals surface area contributed by atoms with Crippen molar-refractivity contribution in [3.05, 3.63) is 188 Å². The minimum Gasteiger partial charge on any atom is -0.309 e. The quantitative estimate of drug-likeness (QED) is 0.183. The third-order valence-electron chi connectivity index (χ3n) is 10.5. The zero-order chi connectivity index (χ0) is 36.7. The van der Waals surface area contributed by atoms with Crippen molar-refractivity contribution >= 4 is 54.4 Å². The molecule has 1 aliphatic carbocycles. The maximum absolute atomic E-state index is 5.14. The summed E-state index contributed by atoms with van der Waals surface area (Å²) in [4.78, 5) is 15.2. The van der Waals surface area contributed by atoms with Crippen LogP contribution >= 0.6 is 0 Å². The van der Waals surface area contributed by atoms with E-state index >= 15 is 0 Å². The molecule has 0 saturated carbocycles. The van der Waals surface area contributed by atoms with Gasteiger partial charge in [-0.25, -0.2) is 4.98 Å². The van der Waals surface area contributed by atoms with Crippen LogP contribution in [-0.2, 0) is 0 Å². The number of hydrogen-bond acceptors (Lipinski definition) is 3. The van der Waals surface area contributed by atoms with E-state index in [1.165, 1.54) is 39.0 Å². The molecule has 55 heavy (non-hydrogen) atoms. The van der Waals surface area contributed by atoms with Crippen LogP contribution in [0, 0.1) is 5.92 Å². The van der Waals surface area contributed by atoms with E-state index in [4.69, 9.17) is 15.0 Å². The van der Waals surface area contributed by atoms with Crippen LogP contribution in [0.25, 0.3) is 88.8 Å². The monoisotopic (exact) mass is 707 g/mol. The Labute approximate surface area is 319 Å². The summed E-state index contributed by atoms with van der Waals surface area (Å²) in [6.07, 6.45) is 9.84. The van der Waals surface area contributed by atoms with Crippen molar-refractivity contribution in [1.82, 2.24) is 24.1 Å². The average molecular weight is 708 g/mol. The third-order valence-corrected chi connectivity index (χ3v) is 10.5. The first-order chi connectivity index (χ1) is 27.2. The predicted octanol–water partition coefficient (Wildman–Crippen LogP) is 12.7. The first-order valence-corrected chi connectivity index (χ1v) is 18.9. The molecule has 0 N–H and O–H groups in total. The molecule has 1 unspecified atom stereocenters. The van der Waals surface area contributed by atoms with E-state index in [1.54, 1.807) is 0 Å². The first-order valence-electron chi connectivity index (χ1n) is 18.9. The highest BCUT2D eigenvalue weighted by atomic mass is 15.2. The number of aromatic nitrogens is 5. The molecular formula is C50H37N5. The van der Waals surface area contributed by atoms with Gasteiger partial charge in [-0.15, -0.1) is 0 Å². The van der Waals surface area contributed by atoms with Gasteiger partial charge in [0.25, 0.3) is 0 Å². The van der Waals surface area contributed by atoms with Gasteiger partial charge in [-0.2, -0.15) is 9.97 Å². The van der Waals surface area contributed by atoms with Crippen molar-refractivity contribution in [1.29, 1.82) is 0 Å². The Morgan fingerprint density at radius 1 is 0.491 bits per heavy atom. The zero-order valence-electron chi connectivity index (χ0n) is 30.4. The van der Waals surface area contributed by atoms with Crippen LogP contribution in [0.1, 0.15) is 13.3 Å². The minimum absolute atomic E-state index is 0.585. The average Bonchev–Trinajstić information content (AvgIpc) is 3.77. The normalized spacial score (nSPS) is 13.9. The Hall–Kier alpha value is -7.11. The largest absolute Gasteiger partial charge is 0.309 e. The minimum atomic E-state index is 0.585. The van der Waals surface area contributed by atoms with E-state index in [0.717, 1.165) is 44.5 Å². The highest BCUT2D eigenvalue weighted by Crippen LogP contribution is 2.42. The lowest BCUT2D eigenvalue weighted by Gasteiger charge is -2.12. The molecule has 0 radical (unpaired) electrons. The Bertz CT molecular complexity index is 3020. The van der Waals surface area contributed by atoms with Crippen LogP contribution < -0.4 is 0 Å². The smallest absolute Gasteiger partial charge is 0.238 e. The van der Waals surface area contributed by atoms with Gasteiger partial charge in [-0.05, 0) is 53.4 Å². The number of hydrogen-bond donors (Lipinski definition) is 0. The SMILES string of the molecule is CC1C=CC=CC1.c1ccc(-c2nc(-c3ccccc3)nc(-n3c4ccccc4c4c3ccc3c5ccccc5n(-c5ccc6ccccc6c5)c34)n2)cc1. The van der Waals surface area contributed by atoms with Crippen molar-refractivity contribution in [3.8, 4) is 34.4 Å². The standard InChI is InChI=1S/C43H27N5.C7H10/c1-3-14-29(15-4-1)41-44-42(30-16-5-2-6-17-30)46-43(45-41)48-37-22-12-10-20-35(37)39-38(48)26-25-34-33-19-9-11-21-36(33)47(40(34)39)32-24-23-28-13-7-8-18-31(28)27-32;1-7-5-3-2-4-6-7/h1-27H;2-5,7H,6H2,1H3. The van der Waals surface area contributed by atoms with Gasteiger partial charge >= 0.3 is 0 Å². The lowest BCUT2D eigenvalue weighted by atomic mass is 10.0. The van der Waals surface area contributed by atoms with Crippen LogP contribution in [0.4, 0.5) is 0 Å². The molecule has 0 fully saturated rings. The summed E-state index contributed by atoms with van der Waals surface area (Å²) in [6, 6.07) is 57.3. The van der Waals surface area contributed by atoms with Gasteiger partial charge in [0.2, 0.25) is 5.95 Å². The Morgan fingerprint density at radius 2 is 1.11 bits per heavy atom. The number of benzene rings is 7. The number of nitrogens with zero attached hydrogens (tertiary/aromatic N) is 5. The van der Waals surface area contributed by atoms with Crippen molar-refractivity contribution in [2.24, 2.45) is 5.92 Å². The molecule has 0 spiro atoms. The van der Waals surface area contributed by atoms with E-state index in [2.05, 4.69) is 143 Å². The van der Waals surface area contributed by atoms with Gasteiger partial charge < -0.3 is 4.57 Å². The molecule has 0 aliphatic heterocycles. The topological polar surface area (TPSA) is 48.5 Å². The molecule has 11 rings (SSSR count). The molecule has 5 heteroatoms. The Kier molecular flexibility index (Phi) is 8.11. The molecule has 5 nitrogen and oxygen atoms in total. The maximum atomic E-state index is 5.14. The van der Waals surface area contributed by atoms with Gasteiger partial charge in [0.15, 0.2) is 11.6 Å². The van der Waals surface area contributed by atoms with Gasteiger partial charge in [-0.3, -0.25) is 4.57 Å². The lowest BCUT2D eigenvalue weighted by Crippen LogP contribution is -2.06. The molecule has 0 saturated heterocycles. The second-order valence-electron chi connectivity index (χ2n) is 14.1. The van der Waals surface area contributed by atoms with E-state index in [0.29, 0.717) is 17.6 Å². The molecule has 10 aromatic rings. The Balaban J connectivity index is 0.000000482.